The van der Waals surface area contributed by atoms with Gasteiger partial charge in [0, 0.05) is 18.1 Å². The highest BCUT2D eigenvalue weighted by Gasteiger charge is 2.17. The van der Waals surface area contributed by atoms with Crippen molar-refractivity contribution >= 4 is 22.6 Å². The molecule has 0 aliphatic heterocycles. The van der Waals surface area contributed by atoms with Crippen molar-refractivity contribution < 1.29 is 9.59 Å². The van der Waals surface area contributed by atoms with Gasteiger partial charge in [0.2, 0.25) is 0 Å². The number of nitrogens with one attached hydrogen (secondary N) is 3. The molecule has 2 aromatic heterocycles. The van der Waals surface area contributed by atoms with Gasteiger partial charge >= 0.3 is 0 Å². The monoisotopic (exact) mass is 353 g/mol. The molecule has 1 aromatic carbocycles. The number of aromatic amines is 1. The molecule has 0 bridgehead atoms. The lowest BCUT2D eigenvalue weighted by molar-refractivity contribution is 0.0843. The second kappa shape index (κ2) is 7.01. The number of aromatic nitrogens is 3. The number of carbonyl (C=O) groups is 2. The van der Waals surface area contributed by atoms with Gasteiger partial charge < -0.3 is 4.98 Å². The molecule has 132 valence electrons. The Kier molecular flexibility index (Phi) is 4.61. The highest BCUT2D eigenvalue weighted by atomic mass is 16.2. The van der Waals surface area contributed by atoms with Gasteiger partial charge in [0.05, 0.1) is 5.39 Å². The van der Waals surface area contributed by atoms with E-state index in [2.05, 4.69) is 20.9 Å². The number of fused-ring (bicyclic) bond motifs is 1. The minimum absolute atomic E-state index is 0.00989. The van der Waals surface area contributed by atoms with Crippen LogP contribution in [-0.4, -0.2) is 26.6 Å². The zero-order chi connectivity index (χ0) is 18.7. The molecule has 0 aliphatic rings. The molecule has 0 fully saturated rings. The number of hydrogen-bond donors (Lipinski definition) is 3. The number of amides is 2. The average Bonchev–Trinajstić information content (AvgIpc) is 2.66. The van der Waals surface area contributed by atoms with E-state index in [1.807, 2.05) is 0 Å². The Hall–Kier alpha value is -3.75. The van der Waals surface area contributed by atoms with Crippen molar-refractivity contribution in [3.05, 3.63) is 74.6 Å². The van der Waals surface area contributed by atoms with E-state index in [9.17, 15) is 19.2 Å². The first-order valence-corrected chi connectivity index (χ1v) is 7.81. The van der Waals surface area contributed by atoms with Crippen molar-refractivity contribution in [3.63, 3.8) is 0 Å². The molecule has 9 heteroatoms. The van der Waals surface area contributed by atoms with E-state index in [1.54, 1.807) is 31.2 Å². The van der Waals surface area contributed by atoms with Crippen LogP contribution in [0.1, 0.15) is 27.8 Å². The summed E-state index contributed by atoms with van der Waals surface area (Å²) in [4.78, 5) is 50.7. The van der Waals surface area contributed by atoms with Crippen LogP contribution in [0.5, 0.6) is 0 Å². The predicted octanol–water partition coefficient (Wildman–Crippen LogP) is 0.179. The molecular formula is C17H15N5O4. The molecule has 0 saturated heterocycles. The van der Waals surface area contributed by atoms with Crippen LogP contribution in [0.3, 0.4) is 0 Å². The Balaban J connectivity index is 1.90. The van der Waals surface area contributed by atoms with Gasteiger partial charge in [-0.2, -0.15) is 5.10 Å². The van der Waals surface area contributed by atoms with E-state index >= 15 is 0 Å². The first kappa shape index (κ1) is 17.1. The molecule has 3 aromatic rings. The lowest BCUT2D eigenvalue weighted by atomic mass is 10.1. The predicted molar refractivity (Wildman–Crippen MR) is 93.7 cm³/mol. The maximum absolute atomic E-state index is 12.5. The van der Waals surface area contributed by atoms with Crippen molar-refractivity contribution in [3.8, 4) is 0 Å². The van der Waals surface area contributed by atoms with Crippen LogP contribution < -0.4 is 22.0 Å². The third-order valence-corrected chi connectivity index (χ3v) is 3.73. The molecule has 9 nitrogen and oxygen atoms in total. The van der Waals surface area contributed by atoms with Crippen LogP contribution >= 0.6 is 0 Å². The summed E-state index contributed by atoms with van der Waals surface area (Å²) in [7, 11) is 0. The van der Waals surface area contributed by atoms with Crippen molar-refractivity contribution in [2.75, 3.05) is 0 Å². The maximum atomic E-state index is 12.5. The van der Waals surface area contributed by atoms with Gasteiger partial charge in [-0.25, -0.2) is 4.68 Å². The quantitative estimate of drug-likeness (QED) is 0.579. The summed E-state index contributed by atoms with van der Waals surface area (Å²) in [5, 5.41) is 4.77. The fraction of sp³-hybridized carbons (Fsp3) is 0.118. The highest BCUT2D eigenvalue weighted by molar-refractivity contribution is 6.05. The minimum atomic E-state index is -0.770. The number of hydrazine groups is 1. The fourth-order valence-electron chi connectivity index (χ4n) is 2.46. The Morgan fingerprint density at radius 3 is 2.42 bits per heavy atom. The van der Waals surface area contributed by atoms with E-state index in [0.717, 1.165) is 0 Å². The summed E-state index contributed by atoms with van der Waals surface area (Å²) in [5.74, 6) is -1.47. The molecule has 0 radical (unpaired) electrons. The summed E-state index contributed by atoms with van der Waals surface area (Å²) in [5.41, 5.74) is 3.34. The number of rotatable bonds is 3. The number of H-pyrrole nitrogens is 1. The largest absolute Gasteiger partial charge is 0.328 e. The van der Waals surface area contributed by atoms with Crippen molar-refractivity contribution in [2.45, 2.75) is 13.5 Å². The molecule has 0 unspecified atom stereocenters. The third-order valence-electron chi connectivity index (χ3n) is 3.73. The molecule has 0 saturated carbocycles. The second-order valence-electron chi connectivity index (χ2n) is 5.34. The van der Waals surface area contributed by atoms with Gasteiger partial charge in [0.15, 0.2) is 5.69 Å². The van der Waals surface area contributed by atoms with Crippen molar-refractivity contribution in [2.24, 2.45) is 0 Å². The molecule has 0 aliphatic carbocycles. The Bertz CT molecular complexity index is 1120. The summed E-state index contributed by atoms with van der Waals surface area (Å²) >= 11 is 0. The minimum Gasteiger partial charge on any atom is -0.328 e. The van der Waals surface area contributed by atoms with Gasteiger partial charge in [-0.15, -0.1) is 0 Å². The van der Waals surface area contributed by atoms with E-state index in [-0.39, 0.29) is 23.4 Å². The summed E-state index contributed by atoms with van der Waals surface area (Å²) in [6.07, 6.45) is 1.39. The average molecular weight is 353 g/mol. The van der Waals surface area contributed by atoms with Gasteiger partial charge in [-0.05, 0) is 25.1 Å². The second-order valence-corrected chi connectivity index (χ2v) is 5.34. The number of pyridine rings is 1. The lowest BCUT2D eigenvalue weighted by Crippen LogP contribution is -2.44. The topological polar surface area (TPSA) is 126 Å². The summed E-state index contributed by atoms with van der Waals surface area (Å²) in [6, 6.07) is 9.38. The van der Waals surface area contributed by atoms with Crippen LogP contribution in [0.4, 0.5) is 0 Å². The standard InChI is InChI=1S/C17H15N5O4/c1-2-22-17(26)11-7-4-3-6-10(11)13(21-22)16(25)20-19-15(24)12-8-5-9-18-14(12)23/h3-9H,2H2,1H3,(H,18,23)(H,19,24)(H,20,25). The molecule has 3 N–H and O–H groups in total. The highest BCUT2D eigenvalue weighted by Crippen LogP contribution is 2.12. The molecule has 0 atom stereocenters. The Morgan fingerprint density at radius 1 is 1.04 bits per heavy atom. The number of aryl methyl sites for hydroxylation is 1. The molecule has 3 rings (SSSR count). The van der Waals surface area contributed by atoms with Crippen molar-refractivity contribution in [1.29, 1.82) is 0 Å². The zero-order valence-corrected chi connectivity index (χ0v) is 13.8. The smallest absolute Gasteiger partial charge is 0.290 e. The van der Waals surface area contributed by atoms with Crippen LogP contribution in [0.2, 0.25) is 0 Å². The van der Waals surface area contributed by atoms with Crippen LogP contribution in [0.15, 0.2) is 52.2 Å². The number of hydrogen-bond acceptors (Lipinski definition) is 5. The number of carbonyl (C=O) groups excluding carboxylic acids is 2. The van der Waals surface area contributed by atoms with E-state index in [1.165, 1.54) is 23.0 Å². The summed E-state index contributed by atoms with van der Waals surface area (Å²) < 4.78 is 1.17. The van der Waals surface area contributed by atoms with Crippen LogP contribution in [0, 0.1) is 0 Å². The van der Waals surface area contributed by atoms with Gasteiger partial charge in [0.25, 0.3) is 22.9 Å². The number of benzene rings is 1. The third kappa shape index (κ3) is 3.09. The number of nitrogens with zero attached hydrogens (tertiary/aromatic N) is 2. The SMILES string of the molecule is CCn1nc(C(=O)NNC(=O)c2ccc[nH]c2=O)c2ccccc2c1=O. The van der Waals surface area contributed by atoms with Crippen molar-refractivity contribution in [1.82, 2.24) is 25.6 Å². The van der Waals surface area contributed by atoms with Crippen LogP contribution in [0.25, 0.3) is 10.8 Å². The first-order valence-electron chi connectivity index (χ1n) is 7.81. The lowest BCUT2D eigenvalue weighted by Gasteiger charge is -2.10. The molecule has 2 amide bonds. The van der Waals surface area contributed by atoms with Gasteiger partial charge in [0.1, 0.15) is 5.56 Å². The van der Waals surface area contributed by atoms with Crippen LogP contribution in [-0.2, 0) is 6.54 Å². The molecule has 0 spiro atoms. The van der Waals surface area contributed by atoms with E-state index in [0.29, 0.717) is 10.8 Å². The first-order chi connectivity index (χ1) is 12.5. The molecular weight excluding hydrogens is 338 g/mol. The Morgan fingerprint density at radius 2 is 1.73 bits per heavy atom. The van der Waals surface area contributed by atoms with E-state index < -0.39 is 17.4 Å². The normalized spacial score (nSPS) is 10.5. The van der Waals surface area contributed by atoms with E-state index in [4.69, 9.17) is 0 Å². The fourth-order valence-corrected chi connectivity index (χ4v) is 2.46. The molecule has 2 heterocycles. The Labute approximate surface area is 146 Å². The zero-order valence-electron chi connectivity index (χ0n) is 13.8. The molecule has 26 heavy (non-hydrogen) atoms. The maximum Gasteiger partial charge on any atom is 0.290 e. The van der Waals surface area contributed by atoms with Gasteiger partial charge in [-0.1, -0.05) is 18.2 Å². The van der Waals surface area contributed by atoms with Gasteiger partial charge in [-0.3, -0.25) is 30.0 Å². The summed E-state index contributed by atoms with van der Waals surface area (Å²) in [6.45, 7) is 2.02.